The lowest BCUT2D eigenvalue weighted by atomic mass is 10.2. The molecule has 0 aromatic rings. The lowest BCUT2D eigenvalue weighted by Gasteiger charge is -2.23. The lowest BCUT2D eigenvalue weighted by Crippen LogP contribution is -2.35. The molecular formula is C11H24N+. The van der Waals surface area contributed by atoms with Crippen molar-refractivity contribution in [3.63, 3.8) is 0 Å². The molecule has 0 N–H and O–H groups in total. The summed E-state index contributed by atoms with van der Waals surface area (Å²) in [5.74, 6) is 0. The van der Waals surface area contributed by atoms with E-state index in [0.717, 1.165) is 4.48 Å². The van der Waals surface area contributed by atoms with Crippen LogP contribution in [0.3, 0.4) is 0 Å². The molecule has 0 aliphatic heterocycles. The maximum Gasteiger partial charge on any atom is 0.0780 e. The molecule has 0 heterocycles. The molecule has 0 amide bonds. The number of hydrogen-bond donors (Lipinski definition) is 0. The topological polar surface area (TPSA) is 0 Å². The number of allylic oxidation sites excluding steroid dienone is 2. The number of hydrogen-bond acceptors (Lipinski definition) is 0. The van der Waals surface area contributed by atoms with E-state index in [1.165, 1.54) is 32.2 Å². The van der Waals surface area contributed by atoms with Gasteiger partial charge in [0.15, 0.2) is 0 Å². The summed E-state index contributed by atoms with van der Waals surface area (Å²) in [5, 5.41) is 0. The van der Waals surface area contributed by atoms with Crippen LogP contribution in [0.15, 0.2) is 12.2 Å². The zero-order valence-electron chi connectivity index (χ0n) is 9.14. The van der Waals surface area contributed by atoms with E-state index in [2.05, 4.69) is 40.2 Å². The number of nitrogens with zero attached hydrogens (tertiary/aromatic N) is 1. The zero-order valence-corrected chi connectivity index (χ0v) is 9.14. The number of rotatable bonds is 6. The van der Waals surface area contributed by atoms with Gasteiger partial charge in [0, 0.05) is 0 Å². The Hall–Kier alpha value is -0.300. The summed E-state index contributed by atoms with van der Waals surface area (Å²) in [6.45, 7) is 3.39. The Kier molecular flexibility index (Phi) is 6.09. The largest absolute Gasteiger partial charge is 0.331 e. The van der Waals surface area contributed by atoms with E-state index in [9.17, 15) is 0 Å². The second-order valence-corrected chi connectivity index (χ2v) is 4.43. The van der Waals surface area contributed by atoms with E-state index < -0.39 is 0 Å². The van der Waals surface area contributed by atoms with Gasteiger partial charge < -0.3 is 4.48 Å². The van der Waals surface area contributed by atoms with E-state index in [1.807, 2.05) is 0 Å². The summed E-state index contributed by atoms with van der Waals surface area (Å²) in [5.41, 5.74) is 0. The first-order chi connectivity index (χ1) is 5.56. The van der Waals surface area contributed by atoms with Gasteiger partial charge in [-0.3, -0.25) is 0 Å². The summed E-state index contributed by atoms with van der Waals surface area (Å²) in [6, 6.07) is 0. The summed E-state index contributed by atoms with van der Waals surface area (Å²) < 4.78 is 1.10. The average Bonchev–Trinajstić information content (AvgIpc) is 1.94. The van der Waals surface area contributed by atoms with Crippen molar-refractivity contribution in [1.82, 2.24) is 0 Å². The van der Waals surface area contributed by atoms with Crippen LogP contribution in [0.2, 0.25) is 0 Å². The second-order valence-electron chi connectivity index (χ2n) is 4.43. The molecule has 0 spiro atoms. The van der Waals surface area contributed by atoms with Crippen LogP contribution in [0.25, 0.3) is 0 Å². The lowest BCUT2D eigenvalue weighted by molar-refractivity contribution is -0.870. The molecule has 0 aliphatic carbocycles. The van der Waals surface area contributed by atoms with E-state index >= 15 is 0 Å². The van der Waals surface area contributed by atoms with Crippen molar-refractivity contribution in [2.24, 2.45) is 0 Å². The fourth-order valence-electron chi connectivity index (χ4n) is 1.19. The third kappa shape index (κ3) is 9.70. The fraction of sp³-hybridized carbons (Fsp3) is 0.818. The summed E-state index contributed by atoms with van der Waals surface area (Å²) in [7, 11) is 6.77. The SMILES string of the molecule is C/C=C/CCCCC[N+](C)(C)C. The molecule has 0 aromatic heterocycles. The smallest absolute Gasteiger partial charge is 0.0780 e. The average molecular weight is 170 g/mol. The van der Waals surface area contributed by atoms with Crippen molar-refractivity contribution in [1.29, 1.82) is 0 Å². The molecule has 0 bridgehead atoms. The van der Waals surface area contributed by atoms with Crippen molar-refractivity contribution >= 4 is 0 Å². The zero-order chi connectivity index (χ0) is 9.45. The molecule has 0 aromatic carbocycles. The Morgan fingerprint density at radius 2 is 1.67 bits per heavy atom. The van der Waals surface area contributed by atoms with Gasteiger partial charge in [0.25, 0.3) is 0 Å². The summed E-state index contributed by atoms with van der Waals surface area (Å²) in [4.78, 5) is 0. The van der Waals surface area contributed by atoms with E-state index in [1.54, 1.807) is 0 Å². The van der Waals surface area contributed by atoms with Crippen LogP contribution in [0.1, 0.15) is 32.6 Å². The predicted octanol–water partition coefficient (Wildman–Crippen LogP) is 2.83. The molecule has 0 rings (SSSR count). The Morgan fingerprint density at radius 1 is 1.00 bits per heavy atom. The standard InChI is InChI=1S/C11H24N/c1-5-6-7-8-9-10-11-12(2,3)4/h5-6H,7-11H2,1-4H3/q+1/b6-5+. The van der Waals surface area contributed by atoms with Crippen LogP contribution in [-0.2, 0) is 0 Å². The van der Waals surface area contributed by atoms with Crippen molar-refractivity contribution in [2.45, 2.75) is 32.6 Å². The molecule has 1 nitrogen and oxygen atoms in total. The second kappa shape index (κ2) is 6.24. The van der Waals surface area contributed by atoms with Gasteiger partial charge in [-0.05, 0) is 32.6 Å². The monoisotopic (exact) mass is 170 g/mol. The highest BCUT2D eigenvalue weighted by molar-refractivity contribution is 4.76. The molecule has 0 unspecified atom stereocenters. The van der Waals surface area contributed by atoms with Gasteiger partial charge in [-0.1, -0.05) is 12.2 Å². The Morgan fingerprint density at radius 3 is 2.17 bits per heavy atom. The van der Waals surface area contributed by atoms with E-state index in [0.29, 0.717) is 0 Å². The highest BCUT2D eigenvalue weighted by Gasteiger charge is 2.04. The number of quaternary nitrogens is 1. The number of unbranched alkanes of at least 4 members (excludes halogenated alkanes) is 3. The van der Waals surface area contributed by atoms with Gasteiger partial charge >= 0.3 is 0 Å². The molecule has 0 saturated heterocycles. The van der Waals surface area contributed by atoms with Crippen LogP contribution in [-0.4, -0.2) is 32.2 Å². The Balaban J connectivity index is 3.11. The molecule has 72 valence electrons. The first kappa shape index (κ1) is 11.7. The Bertz CT molecular complexity index is 119. The van der Waals surface area contributed by atoms with Gasteiger partial charge in [-0.2, -0.15) is 0 Å². The van der Waals surface area contributed by atoms with Crippen LogP contribution in [0.4, 0.5) is 0 Å². The van der Waals surface area contributed by atoms with Gasteiger partial charge in [-0.25, -0.2) is 0 Å². The van der Waals surface area contributed by atoms with Gasteiger partial charge in [0.05, 0.1) is 27.7 Å². The quantitative estimate of drug-likeness (QED) is 0.327. The van der Waals surface area contributed by atoms with Crippen LogP contribution in [0.5, 0.6) is 0 Å². The van der Waals surface area contributed by atoms with E-state index in [-0.39, 0.29) is 0 Å². The normalized spacial score (nSPS) is 12.7. The molecule has 0 atom stereocenters. The molecule has 0 aliphatic rings. The van der Waals surface area contributed by atoms with Crippen molar-refractivity contribution in [3.05, 3.63) is 12.2 Å². The molecular weight excluding hydrogens is 146 g/mol. The highest BCUT2D eigenvalue weighted by Crippen LogP contribution is 2.03. The Labute approximate surface area is 77.7 Å². The minimum absolute atomic E-state index is 1.10. The van der Waals surface area contributed by atoms with Crippen LogP contribution < -0.4 is 0 Å². The third-order valence-electron chi connectivity index (χ3n) is 1.94. The van der Waals surface area contributed by atoms with Gasteiger partial charge in [-0.15, -0.1) is 0 Å². The fourth-order valence-corrected chi connectivity index (χ4v) is 1.19. The molecule has 1 heteroatoms. The molecule has 0 radical (unpaired) electrons. The molecule has 12 heavy (non-hydrogen) atoms. The predicted molar refractivity (Wildman–Crippen MR) is 56.2 cm³/mol. The van der Waals surface area contributed by atoms with Crippen molar-refractivity contribution in [3.8, 4) is 0 Å². The highest BCUT2D eigenvalue weighted by atomic mass is 15.3. The molecule has 0 fully saturated rings. The summed E-state index contributed by atoms with van der Waals surface area (Å²) in [6.07, 6.45) is 9.74. The molecule has 0 saturated carbocycles. The first-order valence-electron chi connectivity index (χ1n) is 4.98. The summed E-state index contributed by atoms with van der Waals surface area (Å²) >= 11 is 0. The first-order valence-corrected chi connectivity index (χ1v) is 4.98. The van der Waals surface area contributed by atoms with Gasteiger partial charge in [0.2, 0.25) is 0 Å². The minimum atomic E-state index is 1.10. The van der Waals surface area contributed by atoms with Crippen LogP contribution in [0, 0.1) is 0 Å². The van der Waals surface area contributed by atoms with Crippen molar-refractivity contribution < 1.29 is 4.48 Å². The van der Waals surface area contributed by atoms with E-state index in [4.69, 9.17) is 0 Å². The maximum absolute atomic E-state index is 2.26. The third-order valence-corrected chi connectivity index (χ3v) is 1.94. The van der Waals surface area contributed by atoms with Crippen molar-refractivity contribution in [2.75, 3.05) is 27.7 Å². The van der Waals surface area contributed by atoms with Crippen LogP contribution >= 0.6 is 0 Å². The maximum atomic E-state index is 2.26. The minimum Gasteiger partial charge on any atom is -0.331 e. The van der Waals surface area contributed by atoms with Gasteiger partial charge in [0.1, 0.15) is 0 Å².